The number of carbonyl (C=O) groups is 2. The molecule has 150 valence electrons. The molecule has 2 rings (SSSR count). The van der Waals surface area contributed by atoms with E-state index in [4.69, 9.17) is 28.4 Å². The lowest BCUT2D eigenvalue weighted by Crippen LogP contribution is -2.41. The molecule has 0 atom stereocenters. The second-order valence-electron chi connectivity index (χ2n) is 7.28. The van der Waals surface area contributed by atoms with Gasteiger partial charge in [-0.2, -0.15) is 0 Å². The number of carbonyl (C=O) groups excluding carboxylic acids is 2. The van der Waals surface area contributed by atoms with Crippen LogP contribution >= 0.6 is 0 Å². The molecule has 2 fully saturated rings. The Morgan fingerprint density at radius 2 is 1.04 bits per heavy atom. The van der Waals surface area contributed by atoms with Crippen molar-refractivity contribution in [2.45, 2.75) is 65.3 Å². The van der Waals surface area contributed by atoms with Crippen LogP contribution in [0.4, 0.5) is 0 Å². The van der Waals surface area contributed by atoms with Crippen LogP contribution in [0, 0.1) is 11.8 Å². The molecule has 8 nitrogen and oxygen atoms in total. The van der Waals surface area contributed by atoms with E-state index >= 15 is 0 Å². The molecule has 0 aromatic carbocycles. The number of ether oxygens (including phenoxy) is 6. The van der Waals surface area contributed by atoms with Crippen molar-refractivity contribution in [3.8, 4) is 0 Å². The summed E-state index contributed by atoms with van der Waals surface area (Å²) in [6.45, 7) is 9.17. The summed E-state index contributed by atoms with van der Waals surface area (Å²) in [5, 5.41) is 0. The standard InChI is InChI=1S/C18H30O8/c1-11(2)17-21-7-13(8-22-17)25-15(19)5-6-16(20)26-14-9-23-18(12(3)4)24-10-14/h11-14,17-18H,5-10H2,1-4H3. The summed E-state index contributed by atoms with van der Waals surface area (Å²) < 4.78 is 32.5. The topological polar surface area (TPSA) is 89.5 Å². The summed E-state index contributed by atoms with van der Waals surface area (Å²) in [5.41, 5.74) is 0. The van der Waals surface area contributed by atoms with Crippen molar-refractivity contribution in [3.05, 3.63) is 0 Å². The molecule has 2 saturated heterocycles. The van der Waals surface area contributed by atoms with Gasteiger partial charge in [-0.15, -0.1) is 0 Å². The van der Waals surface area contributed by atoms with Gasteiger partial charge in [0.25, 0.3) is 0 Å². The lowest BCUT2D eigenvalue weighted by molar-refractivity contribution is -0.241. The van der Waals surface area contributed by atoms with Crippen molar-refractivity contribution in [2.24, 2.45) is 11.8 Å². The smallest absolute Gasteiger partial charge is 0.306 e. The van der Waals surface area contributed by atoms with E-state index < -0.39 is 24.1 Å². The van der Waals surface area contributed by atoms with Gasteiger partial charge >= 0.3 is 11.9 Å². The Morgan fingerprint density at radius 3 is 1.31 bits per heavy atom. The largest absolute Gasteiger partial charge is 0.457 e. The summed E-state index contributed by atoms with van der Waals surface area (Å²) in [6, 6.07) is 0. The highest BCUT2D eigenvalue weighted by atomic mass is 16.7. The molecule has 0 spiro atoms. The van der Waals surface area contributed by atoms with E-state index in [0.29, 0.717) is 26.4 Å². The van der Waals surface area contributed by atoms with Crippen LogP contribution in [-0.2, 0) is 38.0 Å². The zero-order chi connectivity index (χ0) is 19.1. The maximum Gasteiger partial charge on any atom is 0.306 e. The number of hydrogen-bond donors (Lipinski definition) is 0. The highest BCUT2D eigenvalue weighted by molar-refractivity contribution is 5.77. The molecule has 26 heavy (non-hydrogen) atoms. The highest BCUT2D eigenvalue weighted by Gasteiger charge is 2.28. The van der Waals surface area contributed by atoms with Crippen LogP contribution in [0.25, 0.3) is 0 Å². The molecule has 0 aliphatic carbocycles. The molecular weight excluding hydrogens is 344 g/mol. The predicted molar refractivity (Wildman–Crippen MR) is 90.1 cm³/mol. The second-order valence-corrected chi connectivity index (χ2v) is 7.28. The average Bonchev–Trinajstić information content (AvgIpc) is 2.61. The normalized spacial score (nSPS) is 29.6. The minimum Gasteiger partial charge on any atom is -0.457 e. The van der Waals surface area contributed by atoms with Gasteiger partial charge in [0.2, 0.25) is 0 Å². The molecule has 0 bridgehead atoms. The summed E-state index contributed by atoms with van der Waals surface area (Å²) in [4.78, 5) is 23.7. The van der Waals surface area contributed by atoms with Crippen LogP contribution in [0.15, 0.2) is 0 Å². The molecule has 0 radical (unpaired) electrons. The molecule has 0 N–H and O–H groups in total. The Labute approximate surface area is 154 Å². The Kier molecular flexibility index (Phi) is 8.27. The van der Waals surface area contributed by atoms with Gasteiger partial charge in [-0.1, -0.05) is 27.7 Å². The van der Waals surface area contributed by atoms with Crippen molar-refractivity contribution in [2.75, 3.05) is 26.4 Å². The van der Waals surface area contributed by atoms with Crippen molar-refractivity contribution in [3.63, 3.8) is 0 Å². The van der Waals surface area contributed by atoms with Crippen molar-refractivity contribution < 1.29 is 38.0 Å². The average molecular weight is 374 g/mol. The number of rotatable bonds is 7. The molecule has 0 aromatic rings. The number of esters is 2. The highest BCUT2D eigenvalue weighted by Crippen LogP contribution is 2.17. The molecule has 2 aliphatic rings. The first kappa shape index (κ1) is 21.1. The molecule has 0 unspecified atom stereocenters. The van der Waals surface area contributed by atoms with E-state index in [-0.39, 0.29) is 37.3 Å². The van der Waals surface area contributed by atoms with Crippen molar-refractivity contribution >= 4 is 11.9 Å². The third kappa shape index (κ3) is 6.83. The Hall–Kier alpha value is -1.22. The zero-order valence-electron chi connectivity index (χ0n) is 16.0. The van der Waals surface area contributed by atoms with Gasteiger partial charge in [-0.3, -0.25) is 9.59 Å². The van der Waals surface area contributed by atoms with Gasteiger partial charge in [0.1, 0.15) is 12.2 Å². The third-order valence-corrected chi connectivity index (χ3v) is 4.00. The molecular formula is C18H30O8. The monoisotopic (exact) mass is 374 g/mol. The van der Waals surface area contributed by atoms with Gasteiger partial charge in [-0.25, -0.2) is 0 Å². The van der Waals surface area contributed by atoms with Gasteiger partial charge in [0.15, 0.2) is 12.6 Å². The first-order chi connectivity index (χ1) is 12.3. The molecule has 0 aromatic heterocycles. The fourth-order valence-corrected chi connectivity index (χ4v) is 2.60. The summed E-state index contributed by atoms with van der Waals surface area (Å²) in [5.74, 6) is -0.466. The van der Waals surface area contributed by atoms with Crippen LogP contribution in [-0.4, -0.2) is 63.2 Å². The molecule has 0 saturated carbocycles. The lowest BCUT2D eigenvalue weighted by atomic mass is 10.2. The van der Waals surface area contributed by atoms with Crippen LogP contribution in [0.2, 0.25) is 0 Å². The lowest BCUT2D eigenvalue weighted by Gasteiger charge is -2.31. The molecule has 0 amide bonds. The Balaban J connectivity index is 1.58. The molecule has 2 heterocycles. The van der Waals surface area contributed by atoms with Crippen LogP contribution in [0.1, 0.15) is 40.5 Å². The van der Waals surface area contributed by atoms with E-state index in [1.54, 1.807) is 0 Å². The minimum atomic E-state index is -0.474. The van der Waals surface area contributed by atoms with Crippen molar-refractivity contribution in [1.29, 1.82) is 0 Å². The van der Waals surface area contributed by atoms with Crippen molar-refractivity contribution in [1.82, 2.24) is 0 Å². The summed E-state index contributed by atoms with van der Waals surface area (Å²) >= 11 is 0. The SMILES string of the molecule is CC(C)C1OCC(OC(=O)CCC(=O)OC2COC(C(C)C)OC2)CO1. The maximum absolute atomic E-state index is 11.9. The van der Waals surface area contributed by atoms with E-state index in [1.165, 1.54) is 0 Å². The van der Waals surface area contributed by atoms with Gasteiger partial charge in [0.05, 0.1) is 39.3 Å². The quantitative estimate of drug-likeness (QED) is 0.622. The van der Waals surface area contributed by atoms with Gasteiger partial charge in [-0.05, 0) is 0 Å². The minimum absolute atomic E-state index is 0.0496. The Bertz CT molecular complexity index is 406. The fraction of sp³-hybridized carbons (Fsp3) is 0.889. The van der Waals surface area contributed by atoms with E-state index in [0.717, 1.165) is 0 Å². The predicted octanol–water partition coefficient (Wildman–Crippen LogP) is 1.65. The van der Waals surface area contributed by atoms with E-state index in [1.807, 2.05) is 27.7 Å². The molecule has 8 heteroatoms. The Morgan fingerprint density at radius 1 is 0.731 bits per heavy atom. The number of hydrogen-bond acceptors (Lipinski definition) is 8. The second kappa shape index (κ2) is 10.2. The first-order valence-corrected chi connectivity index (χ1v) is 9.20. The van der Waals surface area contributed by atoms with Gasteiger partial charge in [0, 0.05) is 11.8 Å². The summed E-state index contributed by atoms with van der Waals surface area (Å²) in [6.07, 6.45) is -1.52. The summed E-state index contributed by atoms with van der Waals surface area (Å²) in [7, 11) is 0. The molecule has 2 aliphatic heterocycles. The van der Waals surface area contributed by atoms with Crippen LogP contribution < -0.4 is 0 Å². The van der Waals surface area contributed by atoms with Crippen LogP contribution in [0.5, 0.6) is 0 Å². The van der Waals surface area contributed by atoms with Gasteiger partial charge < -0.3 is 28.4 Å². The third-order valence-electron chi connectivity index (χ3n) is 4.00. The van der Waals surface area contributed by atoms with E-state index in [2.05, 4.69) is 0 Å². The zero-order valence-corrected chi connectivity index (χ0v) is 16.0. The first-order valence-electron chi connectivity index (χ1n) is 9.20. The van der Waals surface area contributed by atoms with Crippen LogP contribution in [0.3, 0.4) is 0 Å². The fourth-order valence-electron chi connectivity index (χ4n) is 2.60. The van der Waals surface area contributed by atoms with E-state index in [9.17, 15) is 9.59 Å². The maximum atomic E-state index is 11.9.